The molecule has 11 heteroatoms. The number of aromatic amines is 1. The van der Waals surface area contributed by atoms with Crippen LogP contribution in [0.5, 0.6) is 5.75 Å². The molecule has 1 aromatic carbocycles. The number of H-pyrrole nitrogens is 1. The smallest absolute Gasteiger partial charge is 0.277 e. The summed E-state index contributed by atoms with van der Waals surface area (Å²) in [6.45, 7) is 9.94. The van der Waals surface area contributed by atoms with Gasteiger partial charge < -0.3 is 14.8 Å². The Morgan fingerprint density at radius 1 is 1.17 bits per heavy atom. The van der Waals surface area contributed by atoms with Crippen LogP contribution < -0.4 is 10.3 Å². The minimum absolute atomic E-state index is 0.00709. The van der Waals surface area contributed by atoms with Crippen molar-refractivity contribution in [2.45, 2.75) is 64.7 Å². The fourth-order valence-corrected chi connectivity index (χ4v) is 5.78. The quantitative estimate of drug-likeness (QED) is 0.387. The Balaban J connectivity index is 2.26. The van der Waals surface area contributed by atoms with E-state index >= 15 is 0 Å². The Morgan fingerprint density at radius 2 is 1.89 bits per heavy atom. The van der Waals surface area contributed by atoms with Gasteiger partial charge in [-0.3, -0.25) is 4.79 Å². The van der Waals surface area contributed by atoms with Gasteiger partial charge in [-0.05, 0) is 51.3 Å². The van der Waals surface area contributed by atoms with Crippen LogP contribution in [0.1, 0.15) is 64.4 Å². The predicted octanol–water partition coefficient (Wildman–Crippen LogP) is 3.09. The summed E-state index contributed by atoms with van der Waals surface area (Å²) < 4.78 is 35.2. The van der Waals surface area contributed by atoms with Crippen molar-refractivity contribution in [1.29, 1.82) is 0 Å². The number of sulfonamides is 1. The largest absolute Gasteiger partial charge is 0.493 e. The molecule has 0 spiro atoms. The second kappa shape index (κ2) is 11.3. The maximum Gasteiger partial charge on any atom is 0.277 e. The number of imidazole rings is 1. The summed E-state index contributed by atoms with van der Waals surface area (Å²) in [4.78, 5) is 20.5. The molecule has 0 atom stereocenters. The lowest BCUT2D eigenvalue weighted by atomic mass is 10.0. The lowest BCUT2D eigenvalue weighted by molar-refractivity contribution is 0.253. The van der Waals surface area contributed by atoms with Crippen LogP contribution in [0.15, 0.2) is 27.9 Å². The third kappa shape index (κ3) is 5.26. The molecule has 0 bridgehead atoms. The highest BCUT2D eigenvalue weighted by Crippen LogP contribution is 2.32. The van der Waals surface area contributed by atoms with Crippen molar-refractivity contribution >= 4 is 15.5 Å². The molecular weight excluding hydrogens is 470 g/mol. The van der Waals surface area contributed by atoms with E-state index in [1.165, 1.54) is 16.4 Å². The molecule has 0 fully saturated rings. The first kappa shape index (κ1) is 26.8. The van der Waals surface area contributed by atoms with Crippen LogP contribution in [0.2, 0.25) is 0 Å². The van der Waals surface area contributed by atoms with Gasteiger partial charge in [0.25, 0.3) is 5.56 Å². The van der Waals surface area contributed by atoms with Crippen molar-refractivity contribution in [3.8, 4) is 17.1 Å². The Kier molecular flexibility index (Phi) is 8.68. The Labute approximate surface area is 206 Å². The molecule has 0 saturated carbocycles. The van der Waals surface area contributed by atoms with Crippen LogP contribution in [0.3, 0.4) is 0 Å². The maximum atomic E-state index is 13.3. The van der Waals surface area contributed by atoms with E-state index in [0.29, 0.717) is 41.4 Å². The van der Waals surface area contributed by atoms with E-state index in [4.69, 9.17) is 9.84 Å². The normalized spacial score (nSPS) is 12.2. The van der Waals surface area contributed by atoms with Crippen molar-refractivity contribution in [1.82, 2.24) is 23.9 Å². The lowest BCUT2D eigenvalue weighted by Gasteiger charge is -2.21. The van der Waals surface area contributed by atoms with Gasteiger partial charge in [0.1, 0.15) is 11.6 Å². The molecule has 0 aliphatic heterocycles. The molecule has 10 nitrogen and oxygen atoms in total. The summed E-state index contributed by atoms with van der Waals surface area (Å²) in [6, 6.07) is 4.50. The highest BCUT2D eigenvalue weighted by molar-refractivity contribution is 7.89. The predicted molar refractivity (Wildman–Crippen MR) is 134 cm³/mol. The van der Waals surface area contributed by atoms with Gasteiger partial charge in [0.15, 0.2) is 11.3 Å². The number of aliphatic hydroxyl groups is 1. The number of aliphatic hydroxyl groups excluding tert-OH is 1. The average Bonchev–Trinajstić information content (AvgIpc) is 3.16. The zero-order valence-electron chi connectivity index (χ0n) is 21.0. The summed E-state index contributed by atoms with van der Waals surface area (Å²) >= 11 is 0. The van der Waals surface area contributed by atoms with E-state index in [1.54, 1.807) is 17.5 Å². The molecule has 0 aliphatic rings. The third-order valence-corrected chi connectivity index (χ3v) is 7.91. The van der Waals surface area contributed by atoms with Gasteiger partial charge in [-0.15, -0.1) is 5.10 Å². The Hall–Kier alpha value is -2.76. The van der Waals surface area contributed by atoms with Gasteiger partial charge in [-0.1, -0.05) is 20.8 Å². The molecular formula is C24H35N5O5S. The number of nitrogens with zero attached hydrogens (tertiary/aromatic N) is 4. The van der Waals surface area contributed by atoms with Crippen LogP contribution in [0.4, 0.5) is 0 Å². The number of ether oxygens (including phenoxy) is 1. The average molecular weight is 506 g/mol. The van der Waals surface area contributed by atoms with E-state index in [-0.39, 0.29) is 41.9 Å². The van der Waals surface area contributed by atoms with Crippen molar-refractivity contribution in [2.75, 3.05) is 26.3 Å². The zero-order valence-corrected chi connectivity index (χ0v) is 21.9. The first-order valence-electron chi connectivity index (χ1n) is 12.1. The van der Waals surface area contributed by atoms with Crippen LogP contribution >= 0.6 is 0 Å². The molecule has 0 amide bonds. The first-order chi connectivity index (χ1) is 16.7. The van der Waals surface area contributed by atoms with Gasteiger partial charge >= 0.3 is 0 Å². The maximum absolute atomic E-state index is 13.3. The molecule has 3 aromatic rings. The Morgan fingerprint density at radius 3 is 2.49 bits per heavy atom. The fraction of sp³-hybridized carbons (Fsp3) is 0.542. The van der Waals surface area contributed by atoms with Crippen molar-refractivity contribution in [2.24, 2.45) is 0 Å². The van der Waals surface area contributed by atoms with E-state index in [9.17, 15) is 18.3 Å². The molecule has 2 heterocycles. The van der Waals surface area contributed by atoms with Gasteiger partial charge in [0.2, 0.25) is 10.0 Å². The summed E-state index contributed by atoms with van der Waals surface area (Å²) in [5, 5.41) is 14.1. The van der Waals surface area contributed by atoms with E-state index in [2.05, 4.69) is 23.8 Å². The number of aryl methyl sites for hydroxylation is 1. The van der Waals surface area contributed by atoms with Gasteiger partial charge in [-0.2, -0.15) is 4.31 Å². The number of hydrogen-bond donors (Lipinski definition) is 2. The fourth-order valence-electron chi connectivity index (χ4n) is 4.23. The number of benzene rings is 1. The third-order valence-electron chi connectivity index (χ3n) is 6.02. The number of fused-ring (bicyclic) bond motifs is 1. The number of hydrogen-bond acceptors (Lipinski definition) is 7. The molecule has 35 heavy (non-hydrogen) atoms. The van der Waals surface area contributed by atoms with Crippen LogP contribution in [-0.2, 0) is 10.0 Å². The van der Waals surface area contributed by atoms with Crippen LogP contribution in [0.25, 0.3) is 16.9 Å². The van der Waals surface area contributed by atoms with E-state index in [0.717, 1.165) is 12.8 Å². The number of aromatic nitrogens is 4. The molecule has 2 N–H and O–H groups in total. The first-order valence-corrected chi connectivity index (χ1v) is 13.5. The number of nitrogens with one attached hydrogen (secondary N) is 1. The SMILES string of the molecule is CCCN(CCO)S(=O)(=O)c1ccc(OCC)c(-c2nn3c(C(CC)CC)nc(C)c3c(=O)[nH]2)c1. The highest BCUT2D eigenvalue weighted by atomic mass is 32.2. The molecule has 192 valence electrons. The minimum atomic E-state index is -3.89. The Bertz CT molecular complexity index is 1320. The summed E-state index contributed by atoms with van der Waals surface area (Å²) in [5.74, 6) is 1.42. The lowest BCUT2D eigenvalue weighted by Crippen LogP contribution is -2.34. The highest BCUT2D eigenvalue weighted by Gasteiger charge is 2.26. The topological polar surface area (TPSA) is 130 Å². The van der Waals surface area contributed by atoms with Crippen LogP contribution in [-0.4, -0.2) is 63.7 Å². The monoisotopic (exact) mass is 505 g/mol. The zero-order chi connectivity index (χ0) is 25.8. The van der Waals surface area contributed by atoms with Gasteiger partial charge in [0.05, 0.1) is 29.4 Å². The van der Waals surface area contributed by atoms with Gasteiger partial charge in [-0.25, -0.2) is 17.9 Å². The van der Waals surface area contributed by atoms with Gasteiger partial charge in [0, 0.05) is 19.0 Å². The summed E-state index contributed by atoms with van der Waals surface area (Å²) in [7, 11) is -3.89. The summed E-state index contributed by atoms with van der Waals surface area (Å²) in [5.41, 5.74) is 0.956. The molecule has 0 unspecified atom stereocenters. The number of rotatable bonds is 12. The minimum Gasteiger partial charge on any atom is -0.493 e. The van der Waals surface area contributed by atoms with Crippen molar-refractivity contribution in [3.63, 3.8) is 0 Å². The second-order valence-corrected chi connectivity index (χ2v) is 10.3. The molecule has 2 aromatic heterocycles. The summed E-state index contributed by atoms with van der Waals surface area (Å²) in [6.07, 6.45) is 2.29. The van der Waals surface area contributed by atoms with Crippen molar-refractivity contribution in [3.05, 3.63) is 40.1 Å². The van der Waals surface area contributed by atoms with E-state index < -0.39 is 10.0 Å². The van der Waals surface area contributed by atoms with Crippen molar-refractivity contribution < 1.29 is 18.3 Å². The molecule has 3 rings (SSSR count). The standard InChI is InChI=1S/C24H35N5O5S/c1-6-12-28(13-14-30)35(32,33)18-10-11-20(34-9-4)19(15-18)22-26-24(31)21-16(5)25-23(29(21)27-22)17(7-2)8-3/h10-11,15,17,30H,6-9,12-14H2,1-5H3,(H,26,27,31). The van der Waals surface area contributed by atoms with E-state index in [1.807, 2.05) is 13.8 Å². The molecule has 0 saturated heterocycles. The molecule has 0 aliphatic carbocycles. The molecule has 0 radical (unpaired) electrons. The second-order valence-electron chi connectivity index (χ2n) is 8.35. The van der Waals surface area contributed by atoms with Crippen LogP contribution in [0, 0.1) is 6.92 Å².